The Hall–Kier alpha value is -3.76. The number of halogens is 1. The van der Waals surface area contributed by atoms with Crippen molar-refractivity contribution in [2.75, 3.05) is 45.8 Å². The smallest absolute Gasteiger partial charge is 0.254 e. The number of benzene rings is 2. The monoisotopic (exact) mass is 484 g/mol. The Bertz CT molecular complexity index is 1130. The first kappa shape index (κ1) is 25.9. The number of nitrogens with two attached hydrogens (primary N) is 2. The highest BCUT2D eigenvalue weighted by Crippen LogP contribution is 2.25. The number of rotatable bonds is 9. The number of nitrogens with zero attached hydrogens (tertiary/aromatic N) is 1. The van der Waals surface area contributed by atoms with Crippen LogP contribution in [0.4, 0.5) is 10.1 Å². The maximum atomic E-state index is 14.4. The first-order chi connectivity index (χ1) is 16.7. The molecule has 5 N–H and O–H groups in total. The first-order valence-electron chi connectivity index (χ1n) is 11.0. The van der Waals surface area contributed by atoms with E-state index in [2.05, 4.69) is 0 Å². The highest BCUT2D eigenvalue weighted by Gasteiger charge is 2.24. The topological polar surface area (TPSA) is 141 Å². The van der Waals surface area contributed by atoms with Crippen LogP contribution >= 0.6 is 0 Å². The molecule has 3 rings (SSSR count). The zero-order chi connectivity index (χ0) is 25.5. The highest BCUT2D eigenvalue weighted by atomic mass is 19.1. The van der Waals surface area contributed by atoms with Crippen molar-refractivity contribution in [2.24, 2.45) is 5.73 Å². The summed E-state index contributed by atoms with van der Waals surface area (Å²) in [6.07, 6.45) is 1.07. The van der Waals surface area contributed by atoms with E-state index in [1.54, 1.807) is 29.2 Å². The van der Waals surface area contributed by atoms with Gasteiger partial charge in [-0.05, 0) is 30.7 Å². The normalized spacial score (nSPS) is 16.1. The number of allylic oxidation sites excluding steroid dienone is 1. The second-order valence-corrected chi connectivity index (χ2v) is 8.05. The molecular formula is C25H29FN4O5. The van der Waals surface area contributed by atoms with Crippen LogP contribution in [0, 0.1) is 11.2 Å². The van der Waals surface area contributed by atoms with Crippen LogP contribution in [-0.4, -0.2) is 68.4 Å². The number of anilines is 1. The van der Waals surface area contributed by atoms with Crippen LogP contribution in [0.1, 0.15) is 28.4 Å². The molecule has 0 radical (unpaired) electrons. The van der Waals surface area contributed by atoms with Crippen LogP contribution < -0.4 is 16.2 Å². The van der Waals surface area contributed by atoms with E-state index in [-0.39, 0.29) is 47.9 Å². The molecule has 1 saturated heterocycles. The Labute approximate surface area is 202 Å². The second-order valence-electron chi connectivity index (χ2n) is 8.05. The third-order valence-electron chi connectivity index (χ3n) is 5.55. The van der Waals surface area contributed by atoms with Crippen LogP contribution in [0.2, 0.25) is 0 Å². The molecule has 10 heteroatoms. The second kappa shape index (κ2) is 11.6. The number of carbonyl (C=O) groups is 2. The fourth-order valence-electron chi connectivity index (χ4n) is 3.56. The van der Waals surface area contributed by atoms with Crippen LogP contribution in [-0.2, 0) is 14.3 Å². The van der Waals surface area contributed by atoms with Crippen molar-refractivity contribution in [3.8, 4) is 5.75 Å². The Morgan fingerprint density at radius 2 is 1.91 bits per heavy atom. The van der Waals surface area contributed by atoms with Gasteiger partial charge in [-0.2, -0.15) is 0 Å². The SMILES string of the molecule is COCCOc1cc(N)c(C(=N)C(=O)C=C(N)c2ccc(C(=O)N3CCOC[C@H]3C)cc2)cc1F. The largest absolute Gasteiger partial charge is 0.488 e. The number of methoxy groups -OCH3 is 1. The summed E-state index contributed by atoms with van der Waals surface area (Å²) in [7, 11) is 1.49. The van der Waals surface area contributed by atoms with Gasteiger partial charge in [-0.25, -0.2) is 4.39 Å². The van der Waals surface area contributed by atoms with Gasteiger partial charge >= 0.3 is 0 Å². The molecule has 186 valence electrons. The predicted octanol–water partition coefficient (Wildman–Crippen LogP) is 2.23. The van der Waals surface area contributed by atoms with Gasteiger partial charge in [-0.1, -0.05) is 12.1 Å². The standard InChI is InChI=1S/C25H29FN4O5/c1-15-14-34-8-7-30(15)25(32)17-5-3-16(4-6-17)20(27)12-22(31)24(29)18-11-19(26)23(13-21(18)28)35-10-9-33-2/h3-6,11-13,15,29H,7-10,14,27-28H2,1-2H3/t15-/m1/s1. The zero-order valence-electron chi connectivity index (χ0n) is 19.7. The lowest BCUT2D eigenvalue weighted by Gasteiger charge is -2.33. The van der Waals surface area contributed by atoms with Crippen LogP contribution in [0.15, 0.2) is 42.5 Å². The van der Waals surface area contributed by atoms with Gasteiger partial charge in [-0.3, -0.25) is 15.0 Å². The minimum atomic E-state index is -0.755. The Balaban J connectivity index is 1.71. The van der Waals surface area contributed by atoms with Gasteiger partial charge in [0, 0.05) is 48.3 Å². The molecule has 0 spiro atoms. The number of hydrogen-bond acceptors (Lipinski definition) is 8. The molecule has 1 atom stereocenters. The number of carbonyl (C=O) groups excluding carboxylic acids is 2. The molecule has 1 heterocycles. The molecule has 0 saturated carbocycles. The van der Waals surface area contributed by atoms with Crippen molar-refractivity contribution in [2.45, 2.75) is 13.0 Å². The number of ketones is 1. The summed E-state index contributed by atoms with van der Waals surface area (Å²) in [6, 6.07) is 8.70. The van der Waals surface area contributed by atoms with Gasteiger partial charge < -0.3 is 30.6 Å². The molecule has 1 fully saturated rings. The maximum Gasteiger partial charge on any atom is 0.254 e. The summed E-state index contributed by atoms with van der Waals surface area (Å²) in [6.45, 7) is 3.82. The van der Waals surface area contributed by atoms with Gasteiger partial charge in [0.05, 0.1) is 25.9 Å². The van der Waals surface area contributed by atoms with Crippen molar-refractivity contribution >= 4 is 28.8 Å². The fraction of sp³-hybridized carbons (Fsp3) is 0.320. The van der Waals surface area contributed by atoms with Crippen molar-refractivity contribution in [1.82, 2.24) is 4.90 Å². The van der Waals surface area contributed by atoms with E-state index in [9.17, 15) is 14.0 Å². The van der Waals surface area contributed by atoms with E-state index >= 15 is 0 Å². The van der Waals surface area contributed by atoms with Crippen LogP contribution in [0.3, 0.4) is 0 Å². The van der Waals surface area contributed by atoms with Crippen molar-refractivity contribution in [1.29, 1.82) is 5.41 Å². The van der Waals surface area contributed by atoms with E-state index in [1.165, 1.54) is 13.2 Å². The molecule has 9 nitrogen and oxygen atoms in total. The number of amides is 1. The molecule has 2 aromatic carbocycles. The molecular weight excluding hydrogens is 455 g/mol. The number of hydrogen-bond donors (Lipinski definition) is 3. The number of ether oxygens (including phenoxy) is 3. The Morgan fingerprint density at radius 1 is 1.23 bits per heavy atom. The number of morpholine rings is 1. The average molecular weight is 485 g/mol. The molecule has 2 aromatic rings. The van der Waals surface area contributed by atoms with E-state index in [1.807, 2.05) is 6.92 Å². The average Bonchev–Trinajstić information content (AvgIpc) is 2.85. The molecule has 0 aliphatic carbocycles. The van der Waals surface area contributed by atoms with Crippen LogP contribution in [0.5, 0.6) is 5.75 Å². The van der Waals surface area contributed by atoms with E-state index in [4.69, 9.17) is 31.1 Å². The van der Waals surface area contributed by atoms with Gasteiger partial charge in [0.1, 0.15) is 12.3 Å². The third-order valence-corrected chi connectivity index (χ3v) is 5.55. The summed E-state index contributed by atoms with van der Waals surface area (Å²) < 4.78 is 29.8. The highest BCUT2D eigenvalue weighted by molar-refractivity contribution is 6.50. The maximum absolute atomic E-state index is 14.4. The summed E-state index contributed by atoms with van der Waals surface area (Å²) in [5.41, 5.74) is 12.5. The Kier molecular flexibility index (Phi) is 8.56. The lowest BCUT2D eigenvalue weighted by molar-refractivity contribution is -0.108. The first-order valence-corrected chi connectivity index (χ1v) is 11.0. The zero-order valence-corrected chi connectivity index (χ0v) is 19.7. The van der Waals surface area contributed by atoms with E-state index in [0.29, 0.717) is 30.9 Å². The van der Waals surface area contributed by atoms with Gasteiger partial charge in [0.15, 0.2) is 11.6 Å². The molecule has 0 bridgehead atoms. The quantitative estimate of drug-likeness (QED) is 0.214. The molecule has 35 heavy (non-hydrogen) atoms. The number of nitrogens with one attached hydrogen (secondary N) is 1. The van der Waals surface area contributed by atoms with Gasteiger partial charge in [0.25, 0.3) is 5.91 Å². The summed E-state index contributed by atoms with van der Waals surface area (Å²) in [4.78, 5) is 27.1. The Morgan fingerprint density at radius 3 is 2.57 bits per heavy atom. The van der Waals surface area contributed by atoms with Crippen LogP contribution in [0.25, 0.3) is 5.70 Å². The van der Waals surface area contributed by atoms with Crippen molar-refractivity contribution < 1.29 is 28.2 Å². The fourth-order valence-corrected chi connectivity index (χ4v) is 3.56. The van der Waals surface area contributed by atoms with Gasteiger partial charge in [0.2, 0.25) is 5.78 Å². The van der Waals surface area contributed by atoms with Crippen molar-refractivity contribution in [3.05, 3.63) is 65.0 Å². The lowest BCUT2D eigenvalue weighted by atomic mass is 10.0. The molecule has 1 amide bonds. The lowest BCUT2D eigenvalue weighted by Crippen LogP contribution is -2.47. The summed E-state index contributed by atoms with van der Waals surface area (Å²) >= 11 is 0. The van der Waals surface area contributed by atoms with E-state index in [0.717, 1.165) is 12.1 Å². The number of nitrogen functional groups attached to an aromatic ring is 1. The summed E-state index contributed by atoms with van der Waals surface area (Å²) in [5.74, 6) is -1.71. The minimum absolute atomic E-state index is 0.0179. The summed E-state index contributed by atoms with van der Waals surface area (Å²) in [5, 5.41) is 8.17. The molecule has 0 aromatic heterocycles. The molecule has 1 aliphatic heterocycles. The molecule has 1 aliphatic rings. The van der Waals surface area contributed by atoms with Gasteiger partial charge in [-0.15, -0.1) is 0 Å². The van der Waals surface area contributed by atoms with Crippen molar-refractivity contribution in [3.63, 3.8) is 0 Å². The minimum Gasteiger partial charge on any atom is -0.488 e. The molecule has 0 unspecified atom stereocenters. The predicted molar refractivity (Wildman–Crippen MR) is 130 cm³/mol. The third kappa shape index (κ3) is 6.23. The van der Waals surface area contributed by atoms with E-state index < -0.39 is 17.3 Å².